The van der Waals surface area contributed by atoms with Crippen LogP contribution in [-0.2, 0) is 0 Å². The Labute approximate surface area is 41.7 Å². The predicted molar refractivity (Wildman–Crippen MR) is 27.4 cm³/mol. The topological polar surface area (TPSA) is 27.4 Å². The summed E-state index contributed by atoms with van der Waals surface area (Å²) >= 11 is 0. The maximum Gasteiger partial charge on any atom is 0.314 e. The summed E-state index contributed by atoms with van der Waals surface area (Å²) < 4.78 is 1.73. The summed E-state index contributed by atoms with van der Waals surface area (Å²) in [4.78, 5) is 3.69. The first kappa shape index (κ1) is 4.09. The number of hydrazone groups is 1. The van der Waals surface area contributed by atoms with Gasteiger partial charge in [0.15, 0.2) is 0 Å². The highest BCUT2D eigenvalue weighted by Gasteiger charge is 1.87. The van der Waals surface area contributed by atoms with Crippen LogP contribution >= 0.6 is 0 Å². The summed E-state index contributed by atoms with van der Waals surface area (Å²) in [7, 11) is 1.86. The van der Waals surface area contributed by atoms with Crippen molar-refractivity contribution in [3.8, 4) is 0 Å². The van der Waals surface area contributed by atoms with Crippen LogP contribution in [0.2, 0.25) is 0 Å². The zero-order valence-corrected chi connectivity index (χ0v) is 4.05. The molecular weight excluding hydrogens is 90.1 g/mol. The smallest absolute Gasteiger partial charge is 0.225 e. The Balaban J connectivity index is 2.77. The number of aliphatic imine (C=N–C) groups is 1. The molecule has 0 fully saturated rings. The van der Waals surface area contributed by atoms with Gasteiger partial charge in [-0.05, 0) is 0 Å². The molecule has 7 heavy (non-hydrogen) atoms. The van der Waals surface area contributed by atoms with Crippen LogP contribution in [0.15, 0.2) is 11.2 Å². The van der Waals surface area contributed by atoms with E-state index >= 15 is 0 Å². The van der Waals surface area contributed by atoms with Gasteiger partial charge in [0.2, 0.25) is 0 Å². The first-order valence-electron chi connectivity index (χ1n) is 1.99. The van der Waals surface area contributed by atoms with Crippen molar-refractivity contribution in [2.75, 3.05) is 7.05 Å². The van der Waals surface area contributed by atoms with Crippen molar-refractivity contribution in [3.05, 3.63) is 6.20 Å². The van der Waals surface area contributed by atoms with Crippen molar-refractivity contribution < 1.29 is 4.68 Å². The number of hydrogen-bond acceptors (Lipinski definition) is 2. The van der Waals surface area contributed by atoms with Crippen LogP contribution in [0.4, 0.5) is 0 Å². The Hall–Kier alpha value is -1.08. The van der Waals surface area contributed by atoms with Gasteiger partial charge in [-0.3, -0.25) is 0 Å². The monoisotopic (exact) mass is 96.1 g/mol. The van der Waals surface area contributed by atoms with Gasteiger partial charge in [-0.1, -0.05) is 0 Å². The molecule has 0 bridgehead atoms. The van der Waals surface area contributed by atoms with Crippen LogP contribution in [-0.4, -0.2) is 23.9 Å². The van der Waals surface area contributed by atoms with Gasteiger partial charge in [0, 0.05) is 4.99 Å². The predicted octanol–water partition coefficient (Wildman–Crippen LogP) is -0.641. The summed E-state index contributed by atoms with van der Waals surface area (Å²) in [6, 6.07) is 0. The Morgan fingerprint density at radius 1 is 1.86 bits per heavy atom. The second kappa shape index (κ2) is 1.58. The number of hydrazine groups is 1. The summed E-state index contributed by atoms with van der Waals surface area (Å²) in [6.45, 7) is 0. The summed E-state index contributed by atoms with van der Waals surface area (Å²) in [6.07, 6.45) is 3.28. The molecule has 1 aliphatic heterocycles. The van der Waals surface area contributed by atoms with Gasteiger partial charge < -0.3 is 0 Å². The minimum atomic E-state index is 1.64. The fraction of sp³-hybridized carbons (Fsp3) is 0.250. The SMILES string of the molecule is C[N+]1=CN=C=CN1. The molecule has 0 aromatic heterocycles. The molecule has 1 rings (SSSR count). The Morgan fingerprint density at radius 3 is 3.00 bits per heavy atom. The normalized spacial score (nSPS) is 15.9. The maximum absolute atomic E-state index is 3.69. The highest BCUT2D eigenvalue weighted by molar-refractivity contribution is 5.66. The van der Waals surface area contributed by atoms with E-state index in [2.05, 4.69) is 16.3 Å². The van der Waals surface area contributed by atoms with E-state index < -0.39 is 0 Å². The third-order valence-corrected chi connectivity index (χ3v) is 0.638. The van der Waals surface area contributed by atoms with Crippen molar-refractivity contribution in [3.63, 3.8) is 0 Å². The molecule has 1 aliphatic rings. The first-order chi connectivity index (χ1) is 3.39. The lowest BCUT2D eigenvalue weighted by molar-refractivity contribution is -0.545. The molecule has 1 heterocycles. The number of nitrogens with zero attached hydrogens (tertiary/aromatic N) is 2. The van der Waals surface area contributed by atoms with Crippen molar-refractivity contribution in [1.29, 1.82) is 0 Å². The molecule has 0 radical (unpaired) electrons. The third-order valence-electron chi connectivity index (χ3n) is 0.638. The summed E-state index contributed by atoms with van der Waals surface area (Å²) in [5, 5.41) is 0. The third kappa shape index (κ3) is 0.876. The van der Waals surface area contributed by atoms with Gasteiger partial charge >= 0.3 is 6.34 Å². The molecule has 0 atom stereocenters. The van der Waals surface area contributed by atoms with E-state index in [-0.39, 0.29) is 0 Å². The van der Waals surface area contributed by atoms with Gasteiger partial charge in [0.05, 0.1) is 0 Å². The number of rotatable bonds is 0. The molecule has 36 valence electrons. The Kier molecular flexibility index (Phi) is 0.922. The standard InChI is InChI=1S/C4H6N3/c1-7-4-5-2-3-6-7/h3-4,6H,1H3/q+1. The van der Waals surface area contributed by atoms with Crippen molar-refractivity contribution in [2.24, 2.45) is 4.99 Å². The molecule has 0 amide bonds. The highest BCUT2D eigenvalue weighted by atomic mass is 15.4. The molecule has 0 saturated carbocycles. The van der Waals surface area contributed by atoms with Gasteiger partial charge in [0.1, 0.15) is 19.1 Å². The zero-order valence-electron chi connectivity index (χ0n) is 4.05. The van der Waals surface area contributed by atoms with E-state index in [1.165, 1.54) is 0 Å². The lowest BCUT2D eigenvalue weighted by Gasteiger charge is -1.92. The van der Waals surface area contributed by atoms with Gasteiger partial charge in [-0.2, -0.15) is 4.68 Å². The van der Waals surface area contributed by atoms with E-state index in [1.54, 1.807) is 17.2 Å². The first-order valence-corrected chi connectivity index (χ1v) is 1.99. The Morgan fingerprint density at radius 2 is 2.71 bits per heavy atom. The molecule has 0 saturated heterocycles. The lowest BCUT2D eigenvalue weighted by Crippen LogP contribution is -2.21. The molecule has 0 aromatic carbocycles. The minimum absolute atomic E-state index is 1.64. The molecular formula is C4H6N3+. The number of nitrogens with one attached hydrogen (secondary N) is 1. The molecule has 0 aromatic rings. The van der Waals surface area contributed by atoms with Crippen LogP contribution in [0.25, 0.3) is 0 Å². The van der Waals surface area contributed by atoms with Crippen LogP contribution in [0.1, 0.15) is 0 Å². The van der Waals surface area contributed by atoms with Crippen molar-refractivity contribution in [2.45, 2.75) is 0 Å². The number of hydrogen-bond donors (Lipinski definition) is 1. The van der Waals surface area contributed by atoms with Crippen LogP contribution in [0.3, 0.4) is 0 Å². The quantitative estimate of drug-likeness (QED) is 0.399. The van der Waals surface area contributed by atoms with E-state index in [9.17, 15) is 0 Å². The van der Waals surface area contributed by atoms with Gasteiger partial charge in [-0.15, -0.1) is 0 Å². The van der Waals surface area contributed by atoms with E-state index in [4.69, 9.17) is 0 Å². The summed E-state index contributed by atoms with van der Waals surface area (Å²) in [5.41, 5.74) is 2.83. The zero-order chi connectivity index (χ0) is 5.11. The van der Waals surface area contributed by atoms with E-state index in [1.807, 2.05) is 7.05 Å². The van der Waals surface area contributed by atoms with E-state index in [0.717, 1.165) is 0 Å². The van der Waals surface area contributed by atoms with E-state index in [0.29, 0.717) is 0 Å². The molecule has 3 heteroatoms. The van der Waals surface area contributed by atoms with Crippen LogP contribution in [0.5, 0.6) is 0 Å². The second-order valence-electron chi connectivity index (χ2n) is 1.26. The highest BCUT2D eigenvalue weighted by Crippen LogP contribution is 1.62. The van der Waals surface area contributed by atoms with Crippen molar-refractivity contribution >= 4 is 12.2 Å². The molecule has 0 aliphatic carbocycles. The fourth-order valence-corrected chi connectivity index (χ4v) is 0.321. The average Bonchev–Trinajstić information content (AvgIpc) is 1.69. The summed E-state index contributed by atoms with van der Waals surface area (Å²) in [5.74, 6) is 2.61. The van der Waals surface area contributed by atoms with Gasteiger partial charge in [0.25, 0.3) is 0 Å². The fourth-order valence-electron chi connectivity index (χ4n) is 0.321. The maximum atomic E-state index is 3.69. The molecule has 1 N–H and O–H groups in total. The largest absolute Gasteiger partial charge is 0.314 e. The minimum Gasteiger partial charge on any atom is -0.225 e. The second-order valence-corrected chi connectivity index (χ2v) is 1.26. The van der Waals surface area contributed by atoms with Crippen LogP contribution in [0, 0.1) is 0 Å². The van der Waals surface area contributed by atoms with Gasteiger partial charge in [-0.25, -0.2) is 5.43 Å². The molecule has 0 spiro atoms. The van der Waals surface area contributed by atoms with Crippen LogP contribution < -0.4 is 5.43 Å². The molecule has 3 nitrogen and oxygen atoms in total. The molecule has 0 unspecified atom stereocenters. The average molecular weight is 96.1 g/mol. The Bertz CT molecular complexity index is 150. The van der Waals surface area contributed by atoms with Crippen molar-refractivity contribution in [1.82, 2.24) is 5.43 Å². The lowest BCUT2D eigenvalue weighted by atomic mass is 10.9.